The Morgan fingerprint density at radius 3 is 1.67 bits per heavy atom. The lowest BCUT2D eigenvalue weighted by molar-refractivity contribution is -0.142. The first-order valence-electron chi connectivity index (χ1n) is 13.5. The van der Waals surface area contributed by atoms with Crippen LogP contribution in [0.25, 0.3) is 0 Å². The van der Waals surface area contributed by atoms with Gasteiger partial charge in [0.15, 0.2) is 0 Å². The molecule has 0 aliphatic rings. The van der Waals surface area contributed by atoms with Gasteiger partial charge in [-0.2, -0.15) is 0 Å². The minimum Gasteiger partial charge on any atom is -0.508 e. The van der Waals surface area contributed by atoms with E-state index in [0.29, 0.717) is 11.1 Å². The van der Waals surface area contributed by atoms with Gasteiger partial charge in [-0.05, 0) is 42.2 Å². The number of hydrogen-bond acceptors (Lipinski definition) is 7. The molecule has 5 atom stereocenters. The molecule has 222 valence electrons. The van der Waals surface area contributed by atoms with Crippen molar-refractivity contribution in [2.24, 2.45) is 5.73 Å². The van der Waals surface area contributed by atoms with Crippen LogP contribution in [-0.2, 0) is 38.4 Å². The predicted molar refractivity (Wildman–Crippen MR) is 155 cm³/mol. The van der Waals surface area contributed by atoms with Crippen molar-refractivity contribution >= 4 is 23.7 Å². The fraction of sp³-hybridized carbons (Fsp3) is 0.290. The fourth-order valence-electron chi connectivity index (χ4n) is 4.29. The maximum absolute atomic E-state index is 13.4. The molecule has 0 aromatic heterocycles. The normalized spacial score (nSPS) is 14.5. The summed E-state index contributed by atoms with van der Waals surface area (Å²) in [6, 6.07) is 18.7. The molecule has 11 nitrogen and oxygen atoms in total. The van der Waals surface area contributed by atoms with Crippen LogP contribution in [0.3, 0.4) is 0 Å². The molecule has 0 bridgehead atoms. The Morgan fingerprint density at radius 2 is 1.14 bits per heavy atom. The van der Waals surface area contributed by atoms with E-state index in [1.54, 1.807) is 42.5 Å². The van der Waals surface area contributed by atoms with Gasteiger partial charge in [-0.25, -0.2) is 4.79 Å². The molecule has 0 fully saturated rings. The van der Waals surface area contributed by atoms with Gasteiger partial charge in [0.25, 0.3) is 0 Å². The zero-order chi connectivity index (χ0) is 30.6. The van der Waals surface area contributed by atoms with Gasteiger partial charge in [-0.15, -0.1) is 0 Å². The number of benzene rings is 3. The number of aromatic hydroxyl groups is 1. The van der Waals surface area contributed by atoms with Crippen molar-refractivity contribution < 1.29 is 34.5 Å². The zero-order valence-corrected chi connectivity index (χ0v) is 23.1. The second kappa shape index (κ2) is 15.3. The molecule has 0 saturated heterocycles. The molecule has 8 N–H and O–H groups in total. The molecule has 0 heterocycles. The van der Waals surface area contributed by atoms with Crippen LogP contribution in [-0.4, -0.2) is 69.3 Å². The molecule has 11 heteroatoms. The van der Waals surface area contributed by atoms with Crippen molar-refractivity contribution in [1.29, 1.82) is 0 Å². The van der Waals surface area contributed by atoms with E-state index in [4.69, 9.17) is 5.73 Å². The van der Waals surface area contributed by atoms with Crippen molar-refractivity contribution in [2.45, 2.75) is 56.5 Å². The Hall–Kier alpha value is -4.74. The van der Waals surface area contributed by atoms with Crippen molar-refractivity contribution in [3.05, 3.63) is 102 Å². The summed E-state index contributed by atoms with van der Waals surface area (Å²) in [5.41, 5.74) is 8.11. The molecular weight excluding hydrogens is 540 g/mol. The Labute approximate surface area is 243 Å². The van der Waals surface area contributed by atoms with E-state index >= 15 is 0 Å². The van der Waals surface area contributed by atoms with Crippen LogP contribution in [0.2, 0.25) is 0 Å². The van der Waals surface area contributed by atoms with Crippen molar-refractivity contribution in [1.82, 2.24) is 16.0 Å². The van der Waals surface area contributed by atoms with E-state index in [-0.39, 0.29) is 25.0 Å². The summed E-state index contributed by atoms with van der Waals surface area (Å²) in [6.45, 7) is 1.32. The van der Waals surface area contributed by atoms with E-state index in [2.05, 4.69) is 16.0 Å². The van der Waals surface area contributed by atoms with Crippen LogP contribution in [0.5, 0.6) is 5.75 Å². The van der Waals surface area contributed by atoms with Gasteiger partial charge in [-0.1, -0.05) is 72.8 Å². The number of carbonyl (C=O) groups is 4. The average molecular weight is 577 g/mol. The van der Waals surface area contributed by atoms with Gasteiger partial charge >= 0.3 is 5.97 Å². The number of carbonyl (C=O) groups excluding carboxylic acids is 3. The highest BCUT2D eigenvalue weighted by atomic mass is 16.4. The summed E-state index contributed by atoms with van der Waals surface area (Å²) in [4.78, 5) is 51.5. The van der Waals surface area contributed by atoms with Gasteiger partial charge in [0.05, 0.1) is 12.1 Å². The van der Waals surface area contributed by atoms with Gasteiger partial charge in [0.2, 0.25) is 17.7 Å². The highest BCUT2D eigenvalue weighted by Crippen LogP contribution is 2.12. The Bertz CT molecular complexity index is 1330. The molecule has 3 aromatic rings. The number of carboxylic acids is 1. The van der Waals surface area contributed by atoms with E-state index < -0.39 is 54.0 Å². The second-order valence-corrected chi connectivity index (χ2v) is 10.0. The quantitative estimate of drug-likeness (QED) is 0.146. The number of carboxylic acid groups (broad SMARTS) is 1. The minimum atomic E-state index is -1.43. The van der Waals surface area contributed by atoms with Crippen LogP contribution >= 0.6 is 0 Å². The molecule has 0 saturated carbocycles. The summed E-state index contributed by atoms with van der Waals surface area (Å²) in [6.07, 6.45) is -1.19. The molecule has 42 heavy (non-hydrogen) atoms. The third-order valence-electron chi connectivity index (χ3n) is 6.60. The number of aliphatic carboxylic acids is 1. The van der Waals surface area contributed by atoms with Gasteiger partial charge in [-0.3, -0.25) is 14.4 Å². The van der Waals surface area contributed by atoms with Crippen molar-refractivity contribution in [2.75, 3.05) is 0 Å². The molecular formula is C31H36N4O7. The second-order valence-electron chi connectivity index (χ2n) is 10.0. The lowest BCUT2D eigenvalue weighted by Gasteiger charge is -2.26. The Balaban J connectivity index is 1.75. The van der Waals surface area contributed by atoms with E-state index in [1.807, 2.05) is 30.3 Å². The van der Waals surface area contributed by atoms with Gasteiger partial charge in [0.1, 0.15) is 23.9 Å². The molecule has 0 aliphatic heterocycles. The SMILES string of the molecule is CC(O)C(NC(=O)C(N)Cc1ccccc1)C(=O)NC(Cc1ccccc1)C(=O)NC(Cc1ccc(O)cc1)C(=O)O. The van der Waals surface area contributed by atoms with E-state index in [1.165, 1.54) is 19.1 Å². The van der Waals surface area contributed by atoms with Crippen LogP contribution in [0.1, 0.15) is 23.6 Å². The summed E-state index contributed by atoms with van der Waals surface area (Å²) >= 11 is 0. The van der Waals surface area contributed by atoms with Gasteiger partial charge < -0.3 is 37.0 Å². The zero-order valence-electron chi connectivity index (χ0n) is 23.1. The molecule has 3 amide bonds. The van der Waals surface area contributed by atoms with Crippen LogP contribution < -0.4 is 21.7 Å². The highest BCUT2D eigenvalue weighted by Gasteiger charge is 2.32. The Morgan fingerprint density at radius 1 is 0.667 bits per heavy atom. The number of aliphatic hydroxyl groups excluding tert-OH is 1. The highest BCUT2D eigenvalue weighted by molar-refractivity contribution is 5.94. The summed E-state index contributed by atoms with van der Waals surface area (Å²) in [5.74, 6) is -3.55. The van der Waals surface area contributed by atoms with Gasteiger partial charge in [0, 0.05) is 12.8 Å². The lowest BCUT2D eigenvalue weighted by atomic mass is 10.0. The molecule has 3 aromatic carbocycles. The standard InChI is InChI=1S/C31H36N4O7/c1-19(36)27(35-28(38)24(32)16-20-8-4-2-5-9-20)30(40)33-25(17-21-10-6-3-7-11-21)29(39)34-26(31(41)42)18-22-12-14-23(37)15-13-22/h2-15,19,24-27,36-37H,16-18,32H2,1H3,(H,33,40)(H,34,39)(H,35,38)(H,41,42). The number of hydrogen-bond donors (Lipinski definition) is 7. The number of amides is 3. The number of phenols is 1. The first kappa shape index (κ1) is 31.8. The molecule has 0 spiro atoms. The first-order valence-corrected chi connectivity index (χ1v) is 13.5. The maximum Gasteiger partial charge on any atom is 0.326 e. The molecule has 0 radical (unpaired) electrons. The summed E-state index contributed by atoms with van der Waals surface area (Å²) in [5, 5.41) is 37.1. The Kier molecular flexibility index (Phi) is 11.6. The van der Waals surface area contributed by atoms with E-state index in [0.717, 1.165) is 5.56 Å². The summed E-state index contributed by atoms with van der Waals surface area (Å²) < 4.78 is 0. The summed E-state index contributed by atoms with van der Waals surface area (Å²) in [7, 11) is 0. The lowest BCUT2D eigenvalue weighted by Crippen LogP contribution is -2.60. The first-order chi connectivity index (χ1) is 20.0. The number of phenolic OH excluding ortho intramolecular Hbond substituents is 1. The monoisotopic (exact) mass is 576 g/mol. The van der Waals surface area contributed by atoms with E-state index in [9.17, 15) is 34.5 Å². The topological polar surface area (TPSA) is 191 Å². The number of aliphatic hydroxyl groups is 1. The minimum absolute atomic E-state index is 0.0119. The molecule has 3 rings (SSSR count). The number of nitrogens with one attached hydrogen (secondary N) is 3. The molecule has 5 unspecified atom stereocenters. The van der Waals surface area contributed by atoms with Crippen LogP contribution in [0.15, 0.2) is 84.9 Å². The largest absolute Gasteiger partial charge is 0.508 e. The van der Waals surface area contributed by atoms with Crippen LogP contribution in [0.4, 0.5) is 0 Å². The average Bonchev–Trinajstić information content (AvgIpc) is 2.96. The molecule has 0 aliphatic carbocycles. The smallest absolute Gasteiger partial charge is 0.326 e. The number of nitrogens with two attached hydrogens (primary N) is 1. The fourth-order valence-corrected chi connectivity index (χ4v) is 4.29. The van der Waals surface area contributed by atoms with Crippen molar-refractivity contribution in [3.8, 4) is 5.75 Å². The number of rotatable bonds is 14. The van der Waals surface area contributed by atoms with Crippen LogP contribution in [0, 0.1) is 0 Å². The third kappa shape index (κ3) is 9.72. The maximum atomic E-state index is 13.4. The van der Waals surface area contributed by atoms with Crippen molar-refractivity contribution in [3.63, 3.8) is 0 Å². The third-order valence-corrected chi connectivity index (χ3v) is 6.60. The predicted octanol–water partition coefficient (Wildman–Crippen LogP) is 0.667.